The third kappa shape index (κ3) is 3.54. The number of methoxy groups -OCH3 is 1. The molecule has 1 aliphatic carbocycles. The quantitative estimate of drug-likeness (QED) is 0.400. The van der Waals surface area contributed by atoms with Gasteiger partial charge in [0.2, 0.25) is 0 Å². The molecular weight excluding hydrogens is 248 g/mol. The molecule has 5 heteroatoms. The fourth-order valence-corrected chi connectivity index (χ4v) is 2.71. The van der Waals surface area contributed by atoms with Gasteiger partial charge in [-0.1, -0.05) is 0 Å². The van der Waals surface area contributed by atoms with E-state index in [1.54, 1.807) is 0 Å². The van der Waals surface area contributed by atoms with Crippen LogP contribution in [0.15, 0.2) is 0 Å². The summed E-state index contributed by atoms with van der Waals surface area (Å²) in [6, 6.07) is 0. The first-order valence-corrected chi connectivity index (χ1v) is 6.99. The van der Waals surface area contributed by atoms with Crippen molar-refractivity contribution in [1.29, 1.82) is 0 Å². The lowest BCUT2D eigenvalue weighted by Crippen LogP contribution is -2.23. The summed E-state index contributed by atoms with van der Waals surface area (Å²) in [7, 11) is 1.36. The van der Waals surface area contributed by atoms with E-state index in [1.807, 2.05) is 0 Å². The first-order chi connectivity index (χ1) is 9.22. The van der Waals surface area contributed by atoms with Crippen molar-refractivity contribution in [3.8, 4) is 0 Å². The van der Waals surface area contributed by atoms with Gasteiger partial charge in [0.15, 0.2) is 6.29 Å². The first kappa shape index (κ1) is 14.5. The Balaban J connectivity index is 1.64. The minimum absolute atomic E-state index is 0.0865. The van der Waals surface area contributed by atoms with Crippen LogP contribution in [-0.2, 0) is 23.8 Å². The van der Waals surface area contributed by atoms with Crippen LogP contribution in [0, 0.1) is 11.3 Å². The summed E-state index contributed by atoms with van der Waals surface area (Å²) < 4.78 is 15.8. The highest BCUT2D eigenvalue weighted by Crippen LogP contribution is 2.54. The van der Waals surface area contributed by atoms with Crippen molar-refractivity contribution < 1.29 is 23.8 Å². The summed E-state index contributed by atoms with van der Waals surface area (Å²) in [4.78, 5) is 22.5. The Labute approximate surface area is 113 Å². The van der Waals surface area contributed by atoms with Crippen LogP contribution in [0.4, 0.5) is 0 Å². The largest absolute Gasteiger partial charge is 0.469 e. The summed E-state index contributed by atoms with van der Waals surface area (Å²) >= 11 is 0. The number of aldehydes is 1. The van der Waals surface area contributed by atoms with Crippen molar-refractivity contribution >= 4 is 12.3 Å². The molecule has 3 unspecified atom stereocenters. The molecule has 2 aliphatic rings. The van der Waals surface area contributed by atoms with E-state index in [9.17, 15) is 9.59 Å². The maximum atomic E-state index is 11.4. The highest BCUT2D eigenvalue weighted by molar-refractivity contribution is 5.84. The molecule has 0 amide bonds. The summed E-state index contributed by atoms with van der Waals surface area (Å²) in [5, 5.41) is 0. The Morgan fingerprint density at radius 1 is 1.47 bits per heavy atom. The van der Waals surface area contributed by atoms with Crippen LogP contribution >= 0.6 is 0 Å². The highest BCUT2D eigenvalue weighted by Gasteiger charge is 2.58. The number of carbonyl (C=O) groups is 2. The van der Waals surface area contributed by atoms with Crippen molar-refractivity contribution in [3.05, 3.63) is 0 Å². The lowest BCUT2D eigenvalue weighted by Gasteiger charge is -2.22. The minimum atomic E-state index is -0.496. The van der Waals surface area contributed by atoms with E-state index in [1.165, 1.54) is 7.11 Å². The number of hydrogen-bond donors (Lipinski definition) is 0. The second kappa shape index (κ2) is 6.48. The molecular formula is C14H22O5. The molecule has 0 bridgehead atoms. The maximum absolute atomic E-state index is 11.4. The zero-order chi connectivity index (χ0) is 13.7. The predicted octanol–water partition coefficient (Wildman–Crippen LogP) is 1.69. The summed E-state index contributed by atoms with van der Waals surface area (Å²) in [6.45, 7) is 1.35. The third-order valence-corrected chi connectivity index (χ3v) is 4.07. The average Bonchev–Trinajstić information content (AvgIpc) is 3.19. The summed E-state index contributed by atoms with van der Waals surface area (Å²) in [5.74, 6) is -0.524. The van der Waals surface area contributed by atoms with Crippen LogP contribution in [0.3, 0.4) is 0 Å². The van der Waals surface area contributed by atoms with Gasteiger partial charge < -0.3 is 19.0 Å². The van der Waals surface area contributed by atoms with Crippen LogP contribution < -0.4 is 0 Å². The Bertz CT molecular complexity index is 324. The van der Waals surface area contributed by atoms with Gasteiger partial charge in [-0.2, -0.15) is 0 Å². The van der Waals surface area contributed by atoms with E-state index in [0.29, 0.717) is 19.4 Å². The Hall–Kier alpha value is -0.940. The van der Waals surface area contributed by atoms with E-state index >= 15 is 0 Å². The van der Waals surface area contributed by atoms with Crippen molar-refractivity contribution in [1.82, 2.24) is 0 Å². The van der Waals surface area contributed by atoms with Gasteiger partial charge in [0, 0.05) is 18.6 Å². The zero-order valence-electron chi connectivity index (χ0n) is 11.4. The SMILES string of the molecule is COC(=O)C1CC1(C=O)CCCOC1CCCCO1. The molecule has 2 fully saturated rings. The molecule has 2 rings (SSSR count). The van der Waals surface area contributed by atoms with E-state index in [2.05, 4.69) is 4.74 Å². The molecule has 0 radical (unpaired) electrons. The van der Waals surface area contributed by atoms with Crippen LogP contribution in [-0.4, -0.2) is 38.9 Å². The first-order valence-electron chi connectivity index (χ1n) is 6.99. The van der Waals surface area contributed by atoms with E-state index in [-0.39, 0.29) is 18.2 Å². The fourth-order valence-electron chi connectivity index (χ4n) is 2.71. The Morgan fingerprint density at radius 2 is 2.32 bits per heavy atom. The second-order valence-electron chi connectivity index (χ2n) is 5.40. The Kier molecular flexibility index (Phi) is 4.93. The van der Waals surface area contributed by atoms with Crippen LogP contribution in [0.5, 0.6) is 0 Å². The number of ether oxygens (including phenoxy) is 3. The van der Waals surface area contributed by atoms with Gasteiger partial charge in [-0.05, 0) is 38.5 Å². The van der Waals surface area contributed by atoms with Gasteiger partial charge in [-0.25, -0.2) is 0 Å². The second-order valence-corrected chi connectivity index (χ2v) is 5.40. The number of carbonyl (C=O) groups excluding carboxylic acids is 2. The van der Waals surface area contributed by atoms with Crippen molar-refractivity contribution in [2.24, 2.45) is 11.3 Å². The van der Waals surface area contributed by atoms with Gasteiger partial charge in [-0.15, -0.1) is 0 Å². The molecule has 19 heavy (non-hydrogen) atoms. The molecule has 0 spiro atoms. The molecule has 0 aromatic heterocycles. The van der Waals surface area contributed by atoms with Gasteiger partial charge in [0.25, 0.3) is 0 Å². The van der Waals surface area contributed by atoms with Crippen LogP contribution in [0.2, 0.25) is 0 Å². The average molecular weight is 270 g/mol. The molecule has 108 valence electrons. The lowest BCUT2D eigenvalue weighted by atomic mass is 9.99. The molecule has 1 saturated heterocycles. The number of esters is 1. The minimum Gasteiger partial charge on any atom is -0.469 e. The van der Waals surface area contributed by atoms with Gasteiger partial charge in [-0.3, -0.25) is 4.79 Å². The van der Waals surface area contributed by atoms with Crippen molar-refractivity contribution in [3.63, 3.8) is 0 Å². The maximum Gasteiger partial charge on any atom is 0.309 e. The van der Waals surface area contributed by atoms with E-state index < -0.39 is 5.41 Å². The lowest BCUT2D eigenvalue weighted by molar-refractivity contribution is -0.163. The fraction of sp³-hybridized carbons (Fsp3) is 0.857. The predicted molar refractivity (Wildman–Crippen MR) is 67.4 cm³/mol. The standard InChI is InChI=1S/C14H22O5/c1-17-13(16)11-9-14(11,10-15)6-4-8-19-12-5-2-3-7-18-12/h10-12H,2-9H2,1H3. The normalized spacial score (nSPS) is 33.7. The molecule has 0 N–H and O–H groups in total. The molecule has 1 heterocycles. The molecule has 3 atom stereocenters. The van der Waals surface area contributed by atoms with Crippen molar-refractivity contribution in [2.75, 3.05) is 20.3 Å². The van der Waals surface area contributed by atoms with E-state index in [0.717, 1.165) is 38.6 Å². The monoisotopic (exact) mass is 270 g/mol. The highest BCUT2D eigenvalue weighted by atomic mass is 16.7. The molecule has 1 saturated carbocycles. The van der Waals surface area contributed by atoms with Gasteiger partial charge >= 0.3 is 5.97 Å². The van der Waals surface area contributed by atoms with Crippen molar-refractivity contribution in [2.45, 2.75) is 44.8 Å². The topological polar surface area (TPSA) is 61.8 Å². The molecule has 5 nitrogen and oxygen atoms in total. The van der Waals surface area contributed by atoms with E-state index in [4.69, 9.17) is 9.47 Å². The zero-order valence-corrected chi connectivity index (χ0v) is 11.4. The number of hydrogen-bond acceptors (Lipinski definition) is 5. The van der Waals surface area contributed by atoms with Gasteiger partial charge in [0.05, 0.1) is 13.0 Å². The summed E-state index contributed by atoms with van der Waals surface area (Å²) in [5.41, 5.74) is -0.496. The van der Waals surface area contributed by atoms with Crippen LogP contribution in [0.1, 0.15) is 38.5 Å². The molecule has 1 aliphatic heterocycles. The Morgan fingerprint density at radius 3 is 2.95 bits per heavy atom. The summed E-state index contributed by atoms with van der Waals surface area (Å²) in [6.07, 6.45) is 6.09. The number of rotatable bonds is 7. The smallest absolute Gasteiger partial charge is 0.309 e. The van der Waals surface area contributed by atoms with Crippen LogP contribution in [0.25, 0.3) is 0 Å². The third-order valence-electron chi connectivity index (χ3n) is 4.07. The van der Waals surface area contributed by atoms with Gasteiger partial charge in [0.1, 0.15) is 6.29 Å². The molecule has 0 aromatic carbocycles. The molecule has 0 aromatic rings.